The molecule has 2 aliphatic carbocycles. The van der Waals surface area contributed by atoms with Crippen molar-refractivity contribution in [1.82, 2.24) is 0 Å². The van der Waals surface area contributed by atoms with Crippen molar-refractivity contribution >= 4 is 23.6 Å². The maximum Gasteiger partial charge on any atom is 0.342 e. The molecule has 5 nitrogen and oxygen atoms in total. The maximum absolute atomic E-state index is 12.6. The third kappa shape index (κ3) is 4.30. The van der Waals surface area contributed by atoms with Crippen LogP contribution in [0.4, 0.5) is 11.4 Å². The van der Waals surface area contributed by atoms with E-state index in [1.165, 1.54) is 0 Å². The van der Waals surface area contributed by atoms with E-state index in [-0.39, 0.29) is 23.8 Å². The van der Waals surface area contributed by atoms with Gasteiger partial charge < -0.3 is 14.7 Å². The van der Waals surface area contributed by atoms with E-state index < -0.39 is 5.97 Å². The van der Waals surface area contributed by atoms with Crippen LogP contribution in [-0.2, 0) is 4.74 Å². The van der Waals surface area contributed by atoms with E-state index in [1.54, 1.807) is 13.1 Å². The zero-order chi connectivity index (χ0) is 21.8. The molecule has 0 aromatic heterocycles. The number of carbonyl (C=O) groups excluding carboxylic acids is 1. The van der Waals surface area contributed by atoms with E-state index in [0.717, 1.165) is 22.5 Å². The Bertz CT molecular complexity index is 1040. The number of aliphatic imine (C=N–C) groups is 1. The lowest BCUT2D eigenvalue weighted by Crippen LogP contribution is -2.07. The van der Waals surface area contributed by atoms with Crippen molar-refractivity contribution in [1.29, 1.82) is 0 Å². The summed E-state index contributed by atoms with van der Waals surface area (Å²) in [6.45, 7) is 6.17. The Morgan fingerprint density at radius 2 is 1.83 bits per heavy atom. The van der Waals surface area contributed by atoms with E-state index in [1.807, 2.05) is 67.5 Å². The van der Waals surface area contributed by atoms with Gasteiger partial charge in [-0.3, -0.25) is 4.99 Å². The minimum absolute atomic E-state index is 0.0991. The van der Waals surface area contributed by atoms with E-state index in [4.69, 9.17) is 4.74 Å². The molecule has 0 bridgehead atoms. The first-order valence-electron chi connectivity index (χ1n) is 10.1. The second-order valence-corrected chi connectivity index (χ2v) is 7.68. The van der Waals surface area contributed by atoms with Crippen LogP contribution in [0.3, 0.4) is 0 Å². The zero-order valence-electron chi connectivity index (χ0n) is 18.1. The van der Waals surface area contributed by atoms with Gasteiger partial charge in [0.05, 0.1) is 12.3 Å². The number of rotatable bonds is 6. The van der Waals surface area contributed by atoms with Gasteiger partial charge in [-0.1, -0.05) is 32.0 Å². The number of fused-ring (bicyclic) bond motifs is 1. The molecular weight excluding hydrogens is 376 g/mol. The summed E-state index contributed by atoms with van der Waals surface area (Å²) in [7, 11) is 3.96. The van der Waals surface area contributed by atoms with Crippen LogP contribution in [-0.4, -0.2) is 38.0 Å². The molecule has 1 aromatic rings. The highest BCUT2D eigenvalue weighted by Gasteiger charge is 2.27. The highest BCUT2D eigenvalue weighted by molar-refractivity contribution is 6.10. The van der Waals surface area contributed by atoms with Crippen molar-refractivity contribution in [3.63, 3.8) is 0 Å². The lowest BCUT2D eigenvalue weighted by molar-refractivity contribution is 0.0524. The van der Waals surface area contributed by atoms with Crippen molar-refractivity contribution < 1.29 is 14.6 Å². The molecule has 0 fully saturated rings. The number of nitrogens with zero attached hydrogens (tertiary/aromatic N) is 2. The molecule has 0 radical (unpaired) electrons. The summed E-state index contributed by atoms with van der Waals surface area (Å²) in [5.74, 6) is -0.353. The summed E-state index contributed by atoms with van der Waals surface area (Å²) in [6.07, 6.45) is 1.61. The summed E-state index contributed by atoms with van der Waals surface area (Å²) >= 11 is 0. The van der Waals surface area contributed by atoms with Crippen LogP contribution >= 0.6 is 0 Å². The van der Waals surface area contributed by atoms with Gasteiger partial charge in [0.15, 0.2) is 0 Å². The summed E-state index contributed by atoms with van der Waals surface area (Å²) in [6, 6.07) is 15.6. The Hall–Kier alpha value is -3.34. The first-order valence-corrected chi connectivity index (χ1v) is 10.1. The standard InChI is InChI=1S/C25H28N2O3/c1-6-30-25(29)23-21-14-17(16(2)3)8-7-9-20(21)22(24(23)28)15-26-18-10-12-19(13-11-18)27(4)5/h7-16,28H,6H2,1-5H3. The van der Waals surface area contributed by atoms with Gasteiger partial charge in [0.1, 0.15) is 11.3 Å². The van der Waals surface area contributed by atoms with Gasteiger partial charge in [0, 0.05) is 37.1 Å². The smallest absolute Gasteiger partial charge is 0.342 e. The minimum atomic E-state index is -0.532. The van der Waals surface area contributed by atoms with Gasteiger partial charge in [-0.05, 0) is 54.3 Å². The third-order valence-electron chi connectivity index (χ3n) is 5.06. The van der Waals surface area contributed by atoms with Crippen molar-refractivity contribution in [2.75, 3.05) is 25.6 Å². The fourth-order valence-corrected chi connectivity index (χ4v) is 3.34. The predicted octanol–water partition coefficient (Wildman–Crippen LogP) is 5.61. The average molecular weight is 405 g/mol. The Morgan fingerprint density at radius 3 is 2.43 bits per heavy atom. The molecule has 0 heterocycles. The van der Waals surface area contributed by atoms with Crippen molar-refractivity contribution in [2.45, 2.75) is 26.7 Å². The van der Waals surface area contributed by atoms with Gasteiger partial charge in [0.25, 0.3) is 0 Å². The molecule has 156 valence electrons. The molecule has 0 saturated heterocycles. The molecule has 0 aliphatic heterocycles. The number of esters is 1. The van der Waals surface area contributed by atoms with Crippen LogP contribution in [0.15, 0.2) is 53.5 Å². The quantitative estimate of drug-likeness (QED) is 0.428. The van der Waals surface area contributed by atoms with Crippen LogP contribution in [0.25, 0.3) is 11.1 Å². The largest absolute Gasteiger partial charge is 0.506 e. The summed E-state index contributed by atoms with van der Waals surface area (Å²) in [4.78, 5) is 19.2. The number of carbonyl (C=O) groups is 1. The van der Waals surface area contributed by atoms with Crippen LogP contribution < -0.4 is 4.90 Å². The van der Waals surface area contributed by atoms with Crippen LogP contribution in [0.2, 0.25) is 0 Å². The van der Waals surface area contributed by atoms with E-state index >= 15 is 0 Å². The normalized spacial score (nSPS) is 11.4. The van der Waals surface area contributed by atoms with Crippen LogP contribution in [0, 0.1) is 0 Å². The lowest BCUT2D eigenvalue weighted by atomic mass is 10.0. The van der Waals surface area contributed by atoms with E-state index in [0.29, 0.717) is 11.1 Å². The number of ether oxygens (including phenoxy) is 1. The molecule has 5 heteroatoms. The molecule has 0 unspecified atom stereocenters. The van der Waals surface area contributed by atoms with Crippen molar-refractivity contribution in [3.05, 3.63) is 65.2 Å². The van der Waals surface area contributed by atoms with E-state index in [9.17, 15) is 9.90 Å². The topological polar surface area (TPSA) is 62.1 Å². The third-order valence-corrected chi connectivity index (χ3v) is 5.06. The number of hydrogen-bond acceptors (Lipinski definition) is 5. The molecule has 0 amide bonds. The van der Waals surface area contributed by atoms with Gasteiger partial charge in [0.2, 0.25) is 0 Å². The Labute approximate surface area is 178 Å². The van der Waals surface area contributed by atoms with Gasteiger partial charge >= 0.3 is 5.97 Å². The molecule has 0 saturated carbocycles. The summed E-state index contributed by atoms with van der Waals surface area (Å²) < 4.78 is 5.21. The number of aromatic hydroxyl groups is 1. The molecule has 0 spiro atoms. The average Bonchev–Trinajstić information content (AvgIpc) is 2.83. The molecular formula is C25H28N2O3. The highest BCUT2D eigenvalue weighted by atomic mass is 16.5. The number of anilines is 1. The molecule has 0 atom stereocenters. The number of benzene rings is 1. The van der Waals surface area contributed by atoms with Crippen LogP contribution in [0.1, 0.15) is 48.2 Å². The first-order chi connectivity index (χ1) is 14.3. The van der Waals surface area contributed by atoms with Crippen molar-refractivity contribution in [3.8, 4) is 16.9 Å². The second-order valence-electron chi connectivity index (χ2n) is 7.68. The molecule has 1 N–H and O–H groups in total. The number of hydrogen-bond donors (Lipinski definition) is 1. The molecule has 3 rings (SSSR count). The van der Waals surface area contributed by atoms with Crippen LogP contribution in [0.5, 0.6) is 5.75 Å². The Kier molecular flexibility index (Phi) is 6.40. The maximum atomic E-state index is 12.6. The molecule has 2 aliphatic rings. The molecule has 1 aromatic carbocycles. The Morgan fingerprint density at radius 1 is 1.13 bits per heavy atom. The predicted molar refractivity (Wildman–Crippen MR) is 123 cm³/mol. The van der Waals surface area contributed by atoms with Crippen molar-refractivity contribution in [2.24, 2.45) is 4.99 Å². The van der Waals surface area contributed by atoms with Gasteiger partial charge in [-0.25, -0.2) is 4.79 Å². The minimum Gasteiger partial charge on any atom is -0.506 e. The zero-order valence-corrected chi connectivity index (χ0v) is 18.1. The summed E-state index contributed by atoms with van der Waals surface area (Å²) in [5, 5.41) is 10.9. The SMILES string of the molecule is CCOC(=O)c1c2cc(C(C)C)cccc-2c(C=Nc2ccc(N(C)C)cc2)c1O. The summed E-state index contributed by atoms with van der Waals surface area (Å²) in [5.41, 5.74) is 5.04. The fourth-order valence-electron chi connectivity index (χ4n) is 3.34. The lowest BCUT2D eigenvalue weighted by Gasteiger charge is -2.11. The van der Waals surface area contributed by atoms with Gasteiger partial charge in [-0.2, -0.15) is 0 Å². The van der Waals surface area contributed by atoms with Gasteiger partial charge in [-0.15, -0.1) is 0 Å². The molecule has 30 heavy (non-hydrogen) atoms. The fraction of sp³-hybridized carbons (Fsp3) is 0.280. The monoisotopic (exact) mass is 404 g/mol. The first kappa shape index (κ1) is 21.4. The Balaban J connectivity index is 2.11. The van der Waals surface area contributed by atoms with E-state index in [2.05, 4.69) is 18.8 Å². The second kappa shape index (κ2) is 8.99. The highest BCUT2D eigenvalue weighted by Crippen LogP contribution is 2.42.